The molecule has 1 aromatic carbocycles. The maximum Gasteiger partial charge on any atom is 0.410 e. The van der Waals surface area contributed by atoms with E-state index in [0.29, 0.717) is 19.6 Å². The van der Waals surface area contributed by atoms with Crippen molar-refractivity contribution in [1.82, 2.24) is 9.80 Å². The summed E-state index contributed by atoms with van der Waals surface area (Å²) in [5.74, 6) is 0.217. The molecule has 1 fully saturated rings. The SMILES string of the molecule is CC(C)N(C[C@@H]1CCCN(C(=O)OCc2ccccc2)C1)C(=O)CN. The molecule has 0 radical (unpaired) electrons. The highest BCUT2D eigenvalue weighted by atomic mass is 16.6. The minimum absolute atomic E-state index is 0.0216. The van der Waals surface area contributed by atoms with Crippen LogP contribution in [0.3, 0.4) is 0 Å². The number of rotatable bonds is 6. The quantitative estimate of drug-likeness (QED) is 0.856. The van der Waals surface area contributed by atoms with Gasteiger partial charge in [0.05, 0.1) is 6.54 Å². The van der Waals surface area contributed by atoms with Gasteiger partial charge in [0.15, 0.2) is 0 Å². The monoisotopic (exact) mass is 347 g/mol. The Bertz CT molecular complexity index is 562. The minimum Gasteiger partial charge on any atom is -0.445 e. The first-order chi connectivity index (χ1) is 12.0. The molecule has 2 rings (SSSR count). The Hall–Kier alpha value is -2.08. The van der Waals surface area contributed by atoms with Crippen LogP contribution in [0, 0.1) is 5.92 Å². The number of amides is 2. The predicted molar refractivity (Wildman–Crippen MR) is 96.8 cm³/mol. The van der Waals surface area contributed by atoms with Crippen molar-refractivity contribution in [2.45, 2.75) is 39.3 Å². The maximum atomic E-state index is 12.3. The van der Waals surface area contributed by atoms with E-state index in [9.17, 15) is 9.59 Å². The highest BCUT2D eigenvalue weighted by Gasteiger charge is 2.28. The molecule has 6 nitrogen and oxygen atoms in total. The zero-order valence-electron chi connectivity index (χ0n) is 15.2. The van der Waals surface area contributed by atoms with Crippen molar-refractivity contribution >= 4 is 12.0 Å². The molecule has 0 bridgehead atoms. The smallest absolute Gasteiger partial charge is 0.410 e. The standard InChI is InChI=1S/C19H29N3O3/c1-15(2)22(18(23)11-20)13-17-9-6-10-21(12-17)19(24)25-14-16-7-4-3-5-8-16/h3-5,7-8,15,17H,6,9-14,20H2,1-2H3/t17-/m1/s1. The Morgan fingerprint density at radius 3 is 2.68 bits per heavy atom. The van der Waals surface area contributed by atoms with Crippen LogP contribution in [0.2, 0.25) is 0 Å². The lowest BCUT2D eigenvalue weighted by molar-refractivity contribution is -0.132. The van der Waals surface area contributed by atoms with Crippen LogP contribution in [0.1, 0.15) is 32.3 Å². The van der Waals surface area contributed by atoms with Gasteiger partial charge in [-0.05, 0) is 38.2 Å². The Morgan fingerprint density at radius 2 is 2.04 bits per heavy atom. The highest BCUT2D eigenvalue weighted by molar-refractivity contribution is 5.78. The average molecular weight is 347 g/mol. The number of ether oxygens (including phenoxy) is 1. The number of piperidine rings is 1. The van der Waals surface area contributed by atoms with E-state index in [1.54, 1.807) is 4.90 Å². The van der Waals surface area contributed by atoms with Crippen molar-refractivity contribution in [3.63, 3.8) is 0 Å². The van der Waals surface area contributed by atoms with Crippen molar-refractivity contribution in [3.05, 3.63) is 35.9 Å². The van der Waals surface area contributed by atoms with E-state index < -0.39 is 0 Å². The zero-order valence-corrected chi connectivity index (χ0v) is 15.2. The first-order valence-electron chi connectivity index (χ1n) is 8.96. The molecule has 25 heavy (non-hydrogen) atoms. The highest BCUT2D eigenvalue weighted by Crippen LogP contribution is 2.20. The van der Waals surface area contributed by atoms with E-state index in [1.807, 2.05) is 49.1 Å². The number of nitrogens with two attached hydrogens (primary N) is 1. The molecule has 0 saturated carbocycles. The van der Waals surface area contributed by atoms with Crippen LogP contribution in [-0.4, -0.2) is 54.0 Å². The molecule has 1 atom stereocenters. The molecule has 0 aromatic heterocycles. The Labute approximate surface area is 149 Å². The largest absolute Gasteiger partial charge is 0.445 e. The van der Waals surface area contributed by atoms with Gasteiger partial charge in [-0.25, -0.2) is 4.79 Å². The number of likely N-dealkylation sites (tertiary alicyclic amines) is 1. The van der Waals surface area contributed by atoms with Gasteiger partial charge in [-0.15, -0.1) is 0 Å². The van der Waals surface area contributed by atoms with E-state index in [-0.39, 0.29) is 37.1 Å². The van der Waals surface area contributed by atoms with E-state index in [0.717, 1.165) is 18.4 Å². The van der Waals surface area contributed by atoms with Crippen molar-refractivity contribution in [2.75, 3.05) is 26.2 Å². The lowest BCUT2D eigenvalue weighted by atomic mass is 9.97. The summed E-state index contributed by atoms with van der Waals surface area (Å²) in [6.07, 6.45) is 1.65. The first kappa shape index (κ1) is 19.2. The minimum atomic E-state index is -0.283. The van der Waals surface area contributed by atoms with E-state index >= 15 is 0 Å². The van der Waals surface area contributed by atoms with Gasteiger partial charge in [-0.1, -0.05) is 30.3 Å². The van der Waals surface area contributed by atoms with E-state index in [2.05, 4.69) is 0 Å². The molecule has 2 N–H and O–H groups in total. The number of benzene rings is 1. The average Bonchev–Trinajstić information content (AvgIpc) is 2.64. The van der Waals surface area contributed by atoms with Gasteiger partial charge >= 0.3 is 6.09 Å². The van der Waals surface area contributed by atoms with Crippen molar-refractivity contribution in [3.8, 4) is 0 Å². The number of hydrogen-bond donors (Lipinski definition) is 1. The molecule has 1 heterocycles. The molecule has 1 aliphatic heterocycles. The van der Waals surface area contributed by atoms with Crippen LogP contribution in [-0.2, 0) is 16.1 Å². The molecular formula is C19H29N3O3. The van der Waals surface area contributed by atoms with Crippen LogP contribution in [0.15, 0.2) is 30.3 Å². The van der Waals surface area contributed by atoms with Crippen LogP contribution in [0.5, 0.6) is 0 Å². The lowest BCUT2D eigenvalue weighted by Crippen LogP contribution is -2.48. The van der Waals surface area contributed by atoms with Gasteiger partial charge in [-0.3, -0.25) is 4.79 Å². The summed E-state index contributed by atoms with van der Waals surface area (Å²) >= 11 is 0. The van der Waals surface area contributed by atoms with Gasteiger partial charge in [-0.2, -0.15) is 0 Å². The number of nitrogens with zero attached hydrogens (tertiary/aromatic N) is 2. The molecule has 0 spiro atoms. The summed E-state index contributed by atoms with van der Waals surface area (Å²) < 4.78 is 5.42. The fourth-order valence-electron chi connectivity index (χ4n) is 3.19. The number of hydrogen-bond acceptors (Lipinski definition) is 4. The Morgan fingerprint density at radius 1 is 1.32 bits per heavy atom. The predicted octanol–water partition coefficient (Wildman–Crippen LogP) is 2.23. The fourth-order valence-corrected chi connectivity index (χ4v) is 3.19. The fraction of sp³-hybridized carbons (Fsp3) is 0.579. The molecule has 1 saturated heterocycles. The lowest BCUT2D eigenvalue weighted by Gasteiger charge is -2.36. The second kappa shape index (κ2) is 9.42. The molecule has 0 aliphatic carbocycles. The van der Waals surface area contributed by atoms with E-state index in [1.165, 1.54) is 0 Å². The topological polar surface area (TPSA) is 75.9 Å². The van der Waals surface area contributed by atoms with Gasteiger partial charge in [0, 0.05) is 25.7 Å². The van der Waals surface area contributed by atoms with Crippen LogP contribution >= 0.6 is 0 Å². The summed E-state index contributed by atoms with van der Waals surface area (Å²) in [6.45, 7) is 6.24. The number of carbonyl (C=O) groups is 2. The third kappa shape index (κ3) is 5.74. The summed E-state index contributed by atoms with van der Waals surface area (Å²) in [6, 6.07) is 9.76. The van der Waals surface area contributed by atoms with Crippen molar-refractivity contribution in [2.24, 2.45) is 11.7 Å². The second-order valence-electron chi connectivity index (χ2n) is 6.84. The summed E-state index contributed by atoms with van der Waals surface area (Å²) in [7, 11) is 0. The summed E-state index contributed by atoms with van der Waals surface area (Å²) in [5.41, 5.74) is 6.49. The van der Waals surface area contributed by atoms with Gasteiger partial charge in [0.1, 0.15) is 6.61 Å². The summed E-state index contributed by atoms with van der Waals surface area (Å²) in [5, 5.41) is 0. The Kier molecular flexibility index (Phi) is 7.25. The molecule has 0 unspecified atom stereocenters. The second-order valence-corrected chi connectivity index (χ2v) is 6.84. The molecule has 2 amide bonds. The van der Waals surface area contributed by atoms with Crippen LogP contribution < -0.4 is 5.73 Å². The van der Waals surface area contributed by atoms with E-state index in [4.69, 9.17) is 10.5 Å². The van der Waals surface area contributed by atoms with Gasteiger partial charge in [0.2, 0.25) is 5.91 Å². The number of carbonyl (C=O) groups excluding carboxylic acids is 2. The third-order valence-electron chi connectivity index (χ3n) is 4.56. The summed E-state index contributed by atoms with van der Waals surface area (Å²) in [4.78, 5) is 27.9. The van der Waals surface area contributed by atoms with Crippen LogP contribution in [0.25, 0.3) is 0 Å². The normalized spacial score (nSPS) is 17.4. The van der Waals surface area contributed by atoms with Crippen LogP contribution in [0.4, 0.5) is 4.79 Å². The molecule has 1 aromatic rings. The molecule has 1 aliphatic rings. The third-order valence-corrected chi connectivity index (χ3v) is 4.56. The van der Waals surface area contributed by atoms with Gasteiger partial charge < -0.3 is 20.3 Å². The maximum absolute atomic E-state index is 12.3. The molecule has 6 heteroatoms. The molecule has 138 valence electrons. The zero-order chi connectivity index (χ0) is 18.2. The first-order valence-corrected chi connectivity index (χ1v) is 8.96. The van der Waals surface area contributed by atoms with Gasteiger partial charge in [0.25, 0.3) is 0 Å². The Balaban J connectivity index is 1.86. The molecular weight excluding hydrogens is 318 g/mol. The van der Waals surface area contributed by atoms with Crippen molar-refractivity contribution < 1.29 is 14.3 Å². The van der Waals surface area contributed by atoms with Crippen molar-refractivity contribution in [1.29, 1.82) is 0 Å².